The summed E-state index contributed by atoms with van der Waals surface area (Å²) < 4.78 is 10.9. The SMILES string of the molecule is COc1ccc(NC(=O)C(Sc2nnc(C(C)(C)C)o2)c2ccccc2)cc1. The van der Waals surface area contributed by atoms with Gasteiger partial charge in [0.1, 0.15) is 11.0 Å². The summed E-state index contributed by atoms with van der Waals surface area (Å²) in [4.78, 5) is 13.0. The number of rotatable bonds is 6. The molecule has 0 saturated carbocycles. The first kappa shape index (κ1) is 19.9. The van der Waals surface area contributed by atoms with Crippen LogP contribution in [0, 0.1) is 0 Å². The van der Waals surface area contributed by atoms with Crippen LogP contribution in [0.5, 0.6) is 5.75 Å². The number of amides is 1. The molecular formula is C21H23N3O3S. The second-order valence-corrected chi connectivity index (χ2v) is 8.31. The van der Waals surface area contributed by atoms with Crippen LogP contribution in [0.3, 0.4) is 0 Å². The largest absolute Gasteiger partial charge is 0.497 e. The van der Waals surface area contributed by atoms with Gasteiger partial charge in [0, 0.05) is 11.1 Å². The number of hydrogen-bond donors (Lipinski definition) is 1. The standard InChI is InChI=1S/C21H23N3O3S/c1-21(2,3)19-23-24-20(27-19)28-17(14-8-6-5-7-9-14)18(25)22-15-10-12-16(26-4)13-11-15/h5-13,17H,1-4H3,(H,22,25). The van der Waals surface area contributed by atoms with Crippen LogP contribution in [0.1, 0.15) is 37.5 Å². The van der Waals surface area contributed by atoms with Gasteiger partial charge in [0.05, 0.1) is 7.11 Å². The summed E-state index contributed by atoms with van der Waals surface area (Å²) in [5.41, 5.74) is 1.29. The van der Waals surface area contributed by atoms with E-state index >= 15 is 0 Å². The van der Waals surface area contributed by atoms with Crippen molar-refractivity contribution in [1.82, 2.24) is 10.2 Å². The van der Waals surface area contributed by atoms with E-state index in [0.717, 1.165) is 11.3 Å². The van der Waals surface area contributed by atoms with E-state index in [2.05, 4.69) is 15.5 Å². The molecule has 1 amide bonds. The van der Waals surface area contributed by atoms with Crippen LogP contribution in [-0.2, 0) is 10.2 Å². The third kappa shape index (κ3) is 4.92. The first-order chi connectivity index (χ1) is 13.4. The lowest BCUT2D eigenvalue weighted by Crippen LogP contribution is -2.19. The van der Waals surface area contributed by atoms with E-state index in [0.29, 0.717) is 16.8 Å². The number of methoxy groups -OCH3 is 1. The summed E-state index contributed by atoms with van der Waals surface area (Å²) >= 11 is 1.24. The lowest BCUT2D eigenvalue weighted by atomic mass is 9.97. The Morgan fingerprint density at radius 3 is 2.32 bits per heavy atom. The van der Waals surface area contributed by atoms with E-state index in [1.165, 1.54) is 11.8 Å². The molecule has 0 saturated heterocycles. The molecular weight excluding hydrogens is 374 g/mol. The normalized spacial score (nSPS) is 12.4. The smallest absolute Gasteiger partial charge is 0.277 e. The first-order valence-corrected chi connectivity index (χ1v) is 9.75. The van der Waals surface area contributed by atoms with Gasteiger partial charge in [-0.2, -0.15) is 0 Å². The summed E-state index contributed by atoms with van der Waals surface area (Å²) in [6, 6.07) is 16.7. The maximum atomic E-state index is 13.0. The Hall–Kier alpha value is -2.80. The number of hydrogen-bond acceptors (Lipinski definition) is 6. The molecule has 7 heteroatoms. The molecule has 0 radical (unpaired) electrons. The zero-order chi connectivity index (χ0) is 20.1. The van der Waals surface area contributed by atoms with Gasteiger partial charge in [-0.1, -0.05) is 51.1 Å². The maximum absolute atomic E-state index is 13.0. The Morgan fingerprint density at radius 2 is 1.75 bits per heavy atom. The lowest BCUT2D eigenvalue weighted by molar-refractivity contribution is -0.115. The number of nitrogens with zero attached hydrogens (tertiary/aromatic N) is 2. The highest BCUT2D eigenvalue weighted by molar-refractivity contribution is 8.00. The molecule has 28 heavy (non-hydrogen) atoms. The van der Waals surface area contributed by atoms with Gasteiger partial charge in [0.25, 0.3) is 5.22 Å². The Morgan fingerprint density at radius 1 is 1.07 bits per heavy atom. The van der Waals surface area contributed by atoms with Crippen molar-refractivity contribution in [2.24, 2.45) is 0 Å². The van der Waals surface area contributed by atoms with Gasteiger partial charge in [-0.25, -0.2) is 0 Å². The zero-order valence-corrected chi connectivity index (χ0v) is 17.1. The average molecular weight is 398 g/mol. The third-order valence-corrected chi connectivity index (χ3v) is 5.05. The fourth-order valence-electron chi connectivity index (χ4n) is 2.44. The topological polar surface area (TPSA) is 77.2 Å². The summed E-state index contributed by atoms with van der Waals surface area (Å²) in [5.74, 6) is 1.10. The molecule has 3 rings (SSSR count). The van der Waals surface area contributed by atoms with Gasteiger partial charge < -0.3 is 14.5 Å². The molecule has 1 heterocycles. The Labute approximate surface area is 168 Å². The zero-order valence-electron chi connectivity index (χ0n) is 16.3. The minimum atomic E-state index is -0.531. The van der Waals surface area contributed by atoms with Crippen molar-refractivity contribution in [3.63, 3.8) is 0 Å². The van der Waals surface area contributed by atoms with Crippen LogP contribution >= 0.6 is 11.8 Å². The molecule has 1 unspecified atom stereocenters. The minimum Gasteiger partial charge on any atom is -0.497 e. The van der Waals surface area contributed by atoms with E-state index in [1.807, 2.05) is 51.1 Å². The molecule has 2 aromatic carbocycles. The highest BCUT2D eigenvalue weighted by atomic mass is 32.2. The van der Waals surface area contributed by atoms with Crippen LogP contribution in [-0.4, -0.2) is 23.2 Å². The number of nitrogens with one attached hydrogen (secondary N) is 1. The number of thioether (sulfide) groups is 1. The molecule has 0 bridgehead atoms. The van der Waals surface area contributed by atoms with Gasteiger partial charge >= 0.3 is 0 Å². The van der Waals surface area contributed by atoms with Crippen LogP contribution in [0.15, 0.2) is 64.2 Å². The van der Waals surface area contributed by atoms with Crippen molar-refractivity contribution in [2.45, 2.75) is 36.7 Å². The molecule has 0 aliphatic rings. The molecule has 0 fully saturated rings. The van der Waals surface area contributed by atoms with Crippen LogP contribution in [0.25, 0.3) is 0 Å². The quantitative estimate of drug-likeness (QED) is 0.599. The molecule has 0 aliphatic carbocycles. The minimum absolute atomic E-state index is 0.170. The number of ether oxygens (including phenoxy) is 1. The predicted octanol–water partition coefficient (Wildman–Crippen LogP) is 4.85. The number of aromatic nitrogens is 2. The summed E-state index contributed by atoms with van der Waals surface area (Å²) in [6.45, 7) is 6.00. The molecule has 1 aromatic heterocycles. The van der Waals surface area contributed by atoms with Crippen LogP contribution in [0.4, 0.5) is 5.69 Å². The Kier molecular flexibility index (Phi) is 6.04. The van der Waals surface area contributed by atoms with Crippen molar-refractivity contribution >= 4 is 23.4 Å². The highest BCUT2D eigenvalue weighted by Gasteiger charge is 2.27. The van der Waals surface area contributed by atoms with Crippen molar-refractivity contribution in [2.75, 3.05) is 12.4 Å². The molecule has 146 valence electrons. The number of benzene rings is 2. The average Bonchev–Trinajstić information content (AvgIpc) is 3.16. The van der Waals surface area contributed by atoms with Crippen molar-refractivity contribution in [3.05, 3.63) is 66.1 Å². The van der Waals surface area contributed by atoms with E-state index in [1.54, 1.807) is 31.4 Å². The molecule has 1 N–H and O–H groups in total. The van der Waals surface area contributed by atoms with Crippen LogP contribution < -0.4 is 10.1 Å². The lowest BCUT2D eigenvalue weighted by Gasteiger charge is -2.15. The summed E-state index contributed by atoms with van der Waals surface area (Å²) in [7, 11) is 1.60. The van der Waals surface area contributed by atoms with Gasteiger partial charge in [0.15, 0.2) is 0 Å². The Balaban J connectivity index is 1.82. The van der Waals surface area contributed by atoms with Gasteiger partial charge in [0.2, 0.25) is 11.8 Å². The number of anilines is 1. The predicted molar refractivity (Wildman–Crippen MR) is 110 cm³/mol. The van der Waals surface area contributed by atoms with Gasteiger partial charge in [-0.05, 0) is 41.6 Å². The maximum Gasteiger partial charge on any atom is 0.277 e. The monoisotopic (exact) mass is 397 g/mol. The van der Waals surface area contributed by atoms with E-state index in [-0.39, 0.29) is 11.3 Å². The fourth-order valence-corrected chi connectivity index (χ4v) is 3.32. The van der Waals surface area contributed by atoms with E-state index in [9.17, 15) is 4.79 Å². The molecule has 1 atom stereocenters. The molecule has 0 spiro atoms. The first-order valence-electron chi connectivity index (χ1n) is 8.87. The summed E-state index contributed by atoms with van der Waals surface area (Å²) in [6.07, 6.45) is 0. The summed E-state index contributed by atoms with van der Waals surface area (Å²) in [5, 5.41) is 11.0. The second-order valence-electron chi connectivity index (χ2n) is 7.25. The van der Waals surface area contributed by atoms with Crippen molar-refractivity contribution < 1.29 is 13.9 Å². The number of carbonyl (C=O) groups excluding carboxylic acids is 1. The van der Waals surface area contributed by atoms with Crippen molar-refractivity contribution in [3.8, 4) is 5.75 Å². The Bertz CT molecular complexity index is 918. The van der Waals surface area contributed by atoms with Crippen molar-refractivity contribution in [1.29, 1.82) is 0 Å². The van der Waals surface area contributed by atoms with Gasteiger partial charge in [-0.3, -0.25) is 4.79 Å². The number of carbonyl (C=O) groups is 1. The van der Waals surface area contributed by atoms with E-state index in [4.69, 9.17) is 9.15 Å². The highest BCUT2D eigenvalue weighted by Crippen LogP contribution is 2.36. The van der Waals surface area contributed by atoms with E-state index < -0.39 is 5.25 Å². The molecule has 6 nitrogen and oxygen atoms in total. The fraction of sp³-hybridized carbons (Fsp3) is 0.286. The molecule has 3 aromatic rings. The van der Waals surface area contributed by atoms with Gasteiger partial charge in [-0.15, -0.1) is 10.2 Å². The second kappa shape index (κ2) is 8.48. The van der Waals surface area contributed by atoms with Crippen LogP contribution in [0.2, 0.25) is 0 Å². The third-order valence-electron chi connectivity index (χ3n) is 3.96. The molecule has 0 aliphatic heterocycles.